The van der Waals surface area contributed by atoms with Gasteiger partial charge in [0.05, 0.1) is 17.1 Å². The minimum Gasteiger partial charge on any atom is -0.348 e. The van der Waals surface area contributed by atoms with Crippen LogP contribution in [0.1, 0.15) is 36.0 Å². The number of carbonyl (C=O) groups is 1. The van der Waals surface area contributed by atoms with Crippen LogP contribution in [0.5, 0.6) is 0 Å². The van der Waals surface area contributed by atoms with E-state index in [0.29, 0.717) is 0 Å². The molecule has 2 N–H and O–H groups in total. The number of benzene rings is 2. The molecule has 6 heteroatoms. The topological polar surface area (TPSA) is 70.7 Å². The SMILES string of the molecule is C[C@@H](NC(=O)C1C[C@@H]1c1nc2ccccc2[nH]1)c1cnc(-c2ccccc2)s1. The number of aromatic nitrogens is 3. The highest BCUT2D eigenvalue weighted by molar-refractivity contribution is 7.15. The van der Waals surface area contributed by atoms with E-state index in [2.05, 4.69) is 20.3 Å². The van der Waals surface area contributed by atoms with Gasteiger partial charge in [0.2, 0.25) is 5.91 Å². The zero-order valence-electron chi connectivity index (χ0n) is 15.4. The molecule has 1 amide bonds. The molecule has 4 aromatic rings. The molecule has 0 aliphatic heterocycles. The third-order valence-electron chi connectivity index (χ3n) is 5.22. The lowest BCUT2D eigenvalue weighted by molar-refractivity contribution is -0.123. The molecule has 2 aromatic carbocycles. The maximum Gasteiger partial charge on any atom is 0.224 e. The Morgan fingerprint density at radius 3 is 2.79 bits per heavy atom. The van der Waals surface area contributed by atoms with Crippen molar-refractivity contribution in [2.45, 2.75) is 25.3 Å². The summed E-state index contributed by atoms with van der Waals surface area (Å²) >= 11 is 1.62. The summed E-state index contributed by atoms with van der Waals surface area (Å²) in [6, 6.07) is 18.0. The van der Waals surface area contributed by atoms with Crippen molar-refractivity contribution in [3.8, 4) is 10.6 Å². The molecule has 2 heterocycles. The number of aromatic amines is 1. The maximum atomic E-state index is 12.7. The predicted molar refractivity (Wildman–Crippen MR) is 111 cm³/mol. The van der Waals surface area contributed by atoms with Crippen LogP contribution in [-0.4, -0.2) is 20.9 Å². The summed E-state index contributed by atoms with van der Waals surface area (Å²) in [5.74, 6) is 1.18. The molecule has 1 fully saturated rings. The quantitative estimate of drug-likeness (QED) is 0.522. The first-order valence-corrected chi connectivity index (χ1v) is 10.3. The number of H-pyrrole nitrogens is 1. The number of thiazole rings is 1. The largest absolute Gasteiger partial charge is 0.348 e. The van der Waals surface area contributed by atoms with Gasteiger partial charge in [-0.3, -0.25) is 4.79 Å². The molecular weight excluding hydrogens is 368 g/mol. The van der Waals surface area contributed by atoms with Gasteiger partial charge in [-0.1, -0.05) is 42.5 Å². The van der Waals surface area contributed by atoms with Crippen molar-refractivity contribution in [2.24, 2.45) is 5.92 Å². The van der Waals surface area contributed by atoms with Gasteiger partial charge < -0.3 is 10.3 Å². The zero-order chi connectivity index (χ0) is 19.1. The number of fused-ring (bicyclic) bond motifs is 1. The highest BCUT2D eigenvalue weighted by atomic mass is 32.1. The molecule has 0 spiro atoms. The molecule has 2 aromatic heterocycles. The number of hydrogen-bond acceptors (Lipinski definition) is 4. The van der Waals surface area contributed by atoms with Crippen molar-refractivity contribution in [1.29, 1.82) is 0 Å². The second kappa shape index (κ2) is 6.87. The van der Waals surface area contributed by atoms with Crippen LogP contribution in [0.4, 0.5) is 0 Å². The van der Waals surface area contributed by atoms with E-state index in [1.54, 1.807) is 11.3 Å². The first-order valence-electron chi connectivity index (χ1n) is 9.45. The Balaban J connectivity index is 1.24. The Labute approximate surface area is 166 Å². The van der Waals surface area contributed by atoms with Gasteiger partial charge in [-0.05, 0) is 25.5 Å². The Morgan fingerprint density at radius 2 is 1.96 bits per heavy atom. The number of imidazole rings is 1. The highest BCUT2D eigenvalue weighted by Crippen LogP contribution is 2.47. The smallest absolute Gasteiger partial charge is 0.224 e. The van der Waals surface area contributed by atoms with E-state index in [-0.39, 0.29) is 23.8 Å². The first kappa shape index (κ1) is 17.1. The fraction of sp³-hybridized carbons (Fsp3) is 0.227. The van der Waals surface area contributed by atoms with Crippen molar-refractivity contribution in [2.75, 3.05) is 0 Å². The normalized spacial score (nSPS) is 19.5. The van der Waals surface area contributed by atoms with E-state index in [4.69, 9.17) is 0 Å². The van der Waals surface area contributed by atoms with Gasteiger partial charge in [0.15, 0.2) is 0 Å². The van der Waals surface area contributed by atoms with Crippen LogP contribution < -0.4 is 5.32 Å². The third kappa shape index (κ3) is 3.20. The third-order valence-corrected chi connectivity index (χ3v) is 6.45. The number of para-hydroxylation sites is 2. The zero-order valence-corrected chi connectivity index (χ0v) is 16.2. The number of carbonyl (C=O) groups excluding carboxylic acids is 1. The number of nitrogens with one attached hydrogen (secondary N) is 2. The summed E-state index contributed by atoms with van der Waals surface area (Å²) in [4.78, 5) is 26.3. The molecule has 28 heavy (non-hydrogen) atoms. The van der Waals surface area contributed by atoms with Gasteiger partial charge in [0.1, 0.15) is 10.8 Å². The van der Waals surface area contributed by atoms with Crippen LogP contribution in [0.2, 0.25) is 0 Å². The van der Waals surface area contributed by atoms with E-state index in [1.807, 2.05) is 67.7 Å². The monoisotopic (exact) mass is 388 g/mol. The van der Waals surface area contributed by atoms with Gasteiger partial charge in [0, 0.05) is 28.5 Å². The fourth-order valence-corrected chi connectivity index (χ4v) is 4.45. The Morgan fingerprint density at radius 1 is 1.18 bits per heavy atom. The van der Waals surface area contributed by atoms with Crippen molar-refractivity contribution in [1.82, 2.24) is 20.3 Å². The van der Waals surface area contributed by atoms with Crippen molar-refractivity contribution in [3.63, 3.8) is 0 Å². The molecule has 0 radical (unpaired) electrons. The Kier molecular flexibility index (Phi) is 4.20. The van der Waals surface area contributed by atoms with Crippen LogP contribution >= 0.6 is 11.3 Å². The van der Waals surface area contributed by atoms with Gasteiger partial charge in [-0.25, -0.2) is 9.97 Å². The van der Waals surface area contributed by atoms with E-state index >= 15 is 0 Å². The van der Waals surface area contributed by atoms with Gasteiger partial charge in [-0.2, -0.15) is 0 Å². The Hall–Kier alpha value is -2.99. The standard InChI is InChI=1S/C22H20N4OS/c1-13(19-12-23-22(28-19)14-7-3-2-4-8-14)24-21(27)16-11-15(16)20-25-17-9-5-6-10-18(17)26-20/h2-10,12-13,15-16H,11H2,1H3,(H,24,27)(H,25,26)/t13-,15+,16?/m1/s1. The molecule has 0 saturated heterocycles. The second-order valence-corrected chi connectivity index (χ2v) is 8.31. The summed E-state index contributed by atoms with van der Waals surface area (Å²) in [7, 11) is 0. The lowest BCUT2D eigenvalue weighted by Crippen LogP contribution is -2.28. The number of amides is 1. The summed E-state index contributed by atoms with van der Waals surface area (Å²) in [5, 5.41) is 4.12. The minimum atomic E-state index is -0.0561. The molecule has 5 nitrogen and oxygen atoms in total. The van der Waals surface area contributed by atoms with E-state index in [0.717, 1.165) is 38.7 Å². The Bertz CT molecular complexity index is 1100. The molecule has 1 saturated carbocycles. The minimum absolute atomic E-state index is 0.00970. The van der Waals surface area contributed by atoms with Crippen LogP contribution in [-0.2, 0) is 4.79 Å². The van der Waals surface area contributed by atoms with E-state index < -0.39 is 0 Å². The number of hydrogen-bond donors (Lipinski definition) is 2. The molecule has 140 valence electrons. The second-order valence-electron chi connectivity index (χ2n) is 7.25. The first-order chi connectivity index (χ1) is 13.7. The molecular formula is C22H20N4OS. The summed E-state index contributed by atoms with van der Waals surface area (Å²) in [6.45, 7) is 2.01. The van der Waals surface area contributed by atoms with E-state index in [1.165, 1.54) is 0 Å². The van der Waals surface area contributed by atoms with Crippen LogP contribution in [0.3, 0.4) is 0 Å². The van der Waals surface area contributed by atoms with Crippen LogP contribution in [0.25, 0.3) is 21.6 Å². The molecule has 1 unspecified atom stereocenters. The van der Waals surface area contributed by atoms with Gasteiger partial charge in [-0.15, -0.1) is 11.3 Å². The van der Waals surface area contributed by atoms with Crippen molar-refractivity contribution < 1.29 is 4.79 Å². The van der Waals surface area contributed by atoms with Crippen LogP contribution in [0.15, 0.2) is 60.8 Å². The fourth-order valence-electron chi connectivity index (χ4n) is 3.53. The van der Waals surface area contributed by atoms with Gasteiger partial charge >= 0.3 is 0 Å². The maximum absolute atomic E-state index is 12.7. The van der Waals surface area contributed by atoms with Crippen molar-refractivity contribution >= 4 is 28.3 Å². The highest BCUT2D eigenvalue weighted by Gasteiger charge is 2.46. The molecule has 1 aliphatic rings. The predicted octanol–water partition coefficient (Wildman–Crippen LogP) is 4.67. The lowest BCUT2D eigenvalue weighted by atomic mass is 10.2. The lowest BCUT2D eigenvalue weighted by Gasteiger charge is -2.11. The van der Waals surface area contributed by atoms with Crippen molar-refractivity contribution in [3.05, 3.63) is 71.5 Å². The molecule has 0 bridgehead atoms. The average Bonchev–Trinajstić information content (AvgIpc) is 3.17. The summed E-state index contributed by atoms with van der Waals surface area (Å²) in [5.41, 5.74) is 3.08. The van der Waals surface area contributed by atoms with Gasteiger partial charge in [0.25, 0.3) is 0 Å². The average molecular weight is 388 g/mol. The number of rotatable bonds is 5. The molecule has 5 rings (SSSR count). The molecule has 1 aliphatic carbocycles. The van der Waals surface area contributed by atoms with E-state index in [9.17, 15) is 4.79 Å². The summed E-state index contributed by atoms with van der Waals surface area (Å²) < 4.78 is 0. The molecule has 3 atom stereocenters. The summed E-state index contributed by atoms with van der Waals surface area (Å²) in [6.07, 6.45) is 2.71. The number of nitrogens with zero attached hydrogens (tertiary/aromatic N) is 2. The van der Waals surface area contributed by atoms with Crippen LogP contribution in [0, 0.1) is 5.92 Å².